The van der Waals surface area contributed by atoms with Crippen molar-refractivity contribution in [3.63, 3.8) is 0 Å². The summed E-state index contributed by atoms with van der Waals surface area (Å²) in [4.78, 5) is 14.7. The number of carboxylic acid groups (broad SMARTS) is 1. The Morgan fingerprint density at radius 2 is 2.09 bits per heavy atom. The Bertz CT molecular complexity index is 814. The third-order valence-corrected chi connectivity index (χ3v) is 4.16. The molecule has 1 aromatic carbocycles. The Morgan fingerprint density at radius 3 is 2.64 bits per heavy atom. The van der Waals surface area contributed by atoms with Gasteiger partial charge in [0.25, 0.3) is 10.0 Å². The number of carbonyl (C=O) groups is 1. The number of imidazole rings is 1. The van der Waals surface area contributed by atoms with Crippen molar-refractivity contribution in [3.8, 4) is 0 Å². The molecule has 0 saturated carbocycles. The molecule has 118 valence electrons. The number of halogens is 1. The molecular formula is C13H14FN3O4S. The number of aromatic carboxylic acids is 1. The van der Waals surface area contributed by atoms with Crippen molar-refractivity contribution in [3.05, 3.63) is 42.1 Å². The Labute approximate surface area is 126 Å². The summed E-state index contributed by atoms with van der Waals surface area (Å²) in [5.41, 5.74) is -0.675. The van der Waals surface area contributed by atoms with Gasteiger partial charge in [-0.05, 0) is 32.0 Å². The van der Waals surface area contributed by atoms with Gasteiger partial charge < -0.3 is 9.67 Å². The smallest absolute Gasteiger partial charge is 0.338 e. The summed E-state index contributed by atoms with van der Waals surface area (Å²) >= 11 is 0. The zero-order valence-electron chi connectivity index (χ0n) is 11.8. The number of sulfonamides is 1. The van der Waals surface area contributed by atoms with E-state index in [1.807, 2.05) is 13.8 Å². The van der Waals surface area contributed by atoms with E-state index in [-0.39, 0.29) is 16.8 Å². The van der Waals surface area contributed by atoms with Gasteiger partial charge in [-0.25, -0.2) is 14.2 Å². The highest BCUT2D eigenvalue weighted by Crippen LogP contribution is 2.19. The SMILES string of the molecule is CC(C)n1cnc(S(=O)(=O)Nc2ccc(F)c(C(=O)O)c2)c1. The van der Waals surface area contributed by atoms with Crippen LogP contribution in [-0.2, 0) is 10.0 Å². The number of anilines is 1. The number of hydrogen-bond acceptors (Lipinski definition) is 4. The summed E-state index contributed by atoms with van der Waals surface area (Å²) in [7, 11) is -3.98. The van der Waals surface area contributed by atoms with Crippen molar-refractivity contribution in [1.29, 1.82) is 0 Å². The van der Waals surface area contributed by atoms with Gasteiger partial charge in [0.1, 0.15) is 5.82 Å². The average Bonchev–Trinajstić information content (AvgIpc) is 2.91. The highest BCUT2D eigenvalue weighted by atomic mass is 32.2. The lowest BCUT2D eigenvalue weighted by molar-refractivity contribution is 0.0692. The van der Waals surface area contributed by atoms with E-state index in [1.54, 1.807) is 4.57 Å². The third kappa shape index (κ3) is 3.25. The molecule has 22 heavy (non-hydrogen) atoms. The largest absolute Gasteiger partial charge is 0.478 e. The molecule has 1 heterocycles. The molecule has 0 spiro atoms. The number of benzene rings is 1. The highest BCUT2D eigenvalue weighted by molar-refractivity contribution is 7.92. The molecule has 2 rings (SSSR count). The van der Waals surface area contributed by atoms with Crippen LogP contribution in [0.5, 0.6) is 0 Å². The molecule has 0 atom stereocenters. The average molecular weight is 327 g/mol. The van der Waals surface area contributed by atoms with Gasteiger partial charge in [0.15, 0.2) is 5.03 Å². The van der Waals surface area contributed by atoms with Crippen LogP contribution in [0.4, 0.5) is 10.1 Å². The molecule has 0 saturated heterocycles. The molecule has 0 radical (unpaired) electrons. The number of hydrogen-bond donors (Lipinski definition) is 2. The Kier molecular flexibility index (Phi) is 4.18. The minimum absolute atomic E-state index is 0.0425. The Hall–Kier alpha value is -2.42. The van der Waals surface area contributed by atoms with Gasteiger partial charge in [-0.2, -0.15) is 8.42 Å². The lowest BCUT2D eigenvalue weighted by Crippen LogP contribution is -2.14. The van der Waals surface area contributed by atoms with Crippen LogP contribution < -0.4 is 4.72 Å². The second-order valence-electron chi connectivity index (χ2n) is 4.86. The predicted octanol–water partition coefficient (Wildman–Crippen LogP) is 2.10. The van der Waals surface area contributed by atoms with Crippen molar-refractivity contribution in [2.75, 3.05) is 4.72 Å². The van der Waals surface area contributed by atoms with E-state index in [1.165, 1.54) is 12.5 Å². The van der Waals surface area contributed by atoms with Gasteiger partial charge in [0.05, 0.1) is 11.9 Å². The molecule has 0 aliphatic heterocycles. The van der Waals surface area contributed by atoms with E-state index in [4.69, 9.17) is 5.11 Å². The number of nitrogens with zero attached hydrogens (tertiary/aromatic N) is 2. The fraction of sp³-hybridized carbons (Fsp3) is 0.231. The van der Waals surface area contributed by atoms with Crippen molar-refractivity contribution in [2.24, 2.45) is 0 Å². The molecule has 9 heteroatoms. The van der Waals surface area contributed by atoms with E-state index < -0.39 is 27.4 Å². The van der Waals surface area contributed by atoms with Crippen LogP contribution in [0.15, 0.2) is 35.7 Å². The molecule has 0 aliphatic carbocycles. The summed E-state index contributed by atoms with van der Waals surface area (Å²) in [5, 5.41) is 8.63. The molecule has 2 N–H and O–H groups in total. The summed E-state index contributed by atoms with van der Waals surface area (Å²) < 4.78 is 41.4. The second-order valence-corrected chi connectivity index (χ2v) is 6.49. The van der Waals surface area contributed by atoms with Gasteiger partial charge in [-0.15, -0.1) is 0 Å². The third-order valence-electron chi connectivity index (χ3n) is 2.90. The molecule has 1 aromatic heterocycles. The topological polar surface area (TPSA) is 101 Å². The first-order valence-corrected chi connectivity index (χ1v) is 7.78. The minimum atomic E-state index is -3.98. The molecule has 0 bridgehead atoms. The Morgan fingerprint density at radius 1 is 1.41 bits per heavy atom. The predicted molar refractivity (Wildman–Crippen MR) is 76.8 cm³/mol. The fourth-order valence-corrected chi connectivity index (χ4v) is 2.69. The summed E-state index contributed by atoms with van der Waals surface area (Å²) in [5.74, 6) is -2.43. The second kappa shape index (κ2) is 5.76. The molecule has 0 amide bonds. The van der Waals surface area contributed by atoms with Crippen LogP contribution in [0.1, 0.15) is 30.2 Å². The van der Waals surface area contributed by atoms with E-state index in [0.29, 0.717) is 0 Å². The highest BCUT2D eigenvalue weighted by Gasteiger charge is 2.19. The van der Waals surface area contributed by atoms with Gasteiger partial charge in [-0.3, -0.25) is 4.72 Å². The zero-order valence-corrected chi connectivity index (χ0v) is 12.6. The quantitative estimate of drug-likeness (QED) is 0.876. The van der Waals surface area contributed by atoms with Crippen molar-refractivity contribution >= 4 is 21.7 Å². The standard InChI is InChI=1S/C13H14FN3O4S/c1-8(2)17-6-12(15-7-17)22(20,21)16-9-3-4-11(14)10(5-9)13(18)19/h3-8,16H,1-2H3,(H,18,19). The maximum Gasteiger partial charge on any atom is 0.338 e. The first-order valence-electron chi connectivity index (χ1n) is 6.30. The fourth-order valence-electron chi connectivity index (χ4n) is 1.70. The number of rotatable bonds is 5. The van der Waals surface area contributed by atoms with Crippen molar-refractivity contribution in [2.45, 2.75) is 24.9 Å². The summed E-state index contributed by atoms with van der Waals surface area (Å²) in [6.45, 7) is 3.73. The van der Waals surface area contributed by atoms with E-state index >= 15 is 0 Å². The first-order chi connectivity index (χ1) is 10.2. The van der Waals surface area contributed by atoms with Crippen LogP contribution in [0.25, 0.3) is 0 Å². The van der Waals surface area contributed by atoms with Gasteiger partial charge in [0.2, 0.25) is 0 Å². The van der Waals surface area contributed by atoms with Crippen molar-refractivity contribution in [1.82, 2.24) is 9.55 Å². The van der Waals surface area contributed by atoms with Crippen LogP contribution in [-0.4, -0.2) is 29.0 Å². The van der Waals surface area contributed by atoms with E-state index in [9.17, 15) is 17.6 Å². The van der Waals surface area contributed by atoms with E-state index in [2.05, 4.69) is 9.71 Å². The van der Waals surface area contributed by atoms with Gasteiger partial charge in [-0.1, -0.05) is 0 Å². The normalized spacial score (nSPS) is 11.6. The summed E-state index contributed by atoms with van der Waals surface area (Å²) in [6, 6.07) is 2.97. The molecular weight excluding hydrogens is 313 g/mol. The first kappa shape index (κ1) is 16.0. The molecule has 2 aromatic rings. The van der Waals surface area contributed by atoms with Crippen LogP contribution in [0.3, 0.4) is 0 Å². The van der Waals surface area contributed by atoms with Crippen LogP contribution in [0, 0.1) is 5.82 Å². The number of aromatic nitrogens is 2. The van der Waals surface area contributed by atoms with Gasteiger partial charge >= 0.3 is 5.97 Å². The monoisotopic (exact) mass is 327 g/mol. The molecule has 0 aliphatic rings. The Balaban J connectivity index is 2.32. The van der Waals surface area contributed by atoms with Gasteiger partial charge in [0, 0.05) is 17.9 Å². The zero-order chi connectivity index (χ0) is 16.5. The summed E-state index contributed by atoms with van der Waals surface area (Å²) in [6.07, 6.45) is 2.74. The number of carboxylic acids is 1. The van der Waals surface area contributed by atoms with E-state index in [0.717, 1.165) is 18.2 Å². The van der Waals surface area contributed by atoms with Crippen molar-refractivity contribution < 1.29 is 22.7 Å². The molecule has 7 nitrogen and oxygen atoms in total. The molecule has 0 unspecified atom stereocenters. The molecule has 0 fully saturated rings. The van der Waals surface area contributed by atoms with Crippen LogP contribution >= 0.6 is 0 Å². The number of nitrogens with one attached hydrogen (secondary N) is 1. The lowest BCUT2D eigenvalue weighted by atomic mass is 10.2. The van der Waals surface area contributed by atoms with Crippen LogP contribution in [0.2, 0.25) is 0 Å². The lowest BCUT2D eigenvalue weighted by Gasteiger charge is -2.07. The minimum Gasteiger partial charge on any atom is -0.478 e. The maximum atomic E-state index is 13.3. The maximum absolute atomic E-state index is 13.3.